The third kappa shape index (κ3) is 4.13. The Morgan fingerprint density at radius 2 is 1.65 bits per heavy atom. The fourth-order valence-corrected chi connectivity index (χ4v) is 3.46. The molecule has 2 rings (SSSR count). The molecule has 0 radical (unpaired) electrons. The zero-order valence-electron chi connectivity index (χ0n) is 17.0. The Hall–Kier alpha value is -2.20. The molecular formula is C22H31N2O2+. The maximum atomic E-state index is 13.0. The normalized spacial score (nSPS) is 13.7. The lowest BCUT2D eigenvalue weighted by Gasteiger charge is -2.21. The molecule has 0 saturated carbocycles. The second-order valence-corrected chi connectivity index (χ2v) is 7.69. The summed E-state index contributed by atoms with van der Waals surface area (Å²) in [4.78, 5) is 29.0. The number of hydrogen-bond acceptors (Lipinski definition) is 2. The van der Waals surface area contributed by atoms with Crippen LogP contribution in [-0.2, 0) is 6.54 Å². The molecule has 4 heteroatoms. The van der Waals surface area contributed by atoms with E-state index in [1.54, 1.807) is 6.92 Å². The minimum Gasteiger partial charge on any atom is -0.355 e. The van der Waals surface area contributed by atoms with Crippen molar-refractivity contribution in [1.29, 1.82) is 0 Å². The number of hydrogen-bond donors (Lipinski definition) is 2. The number of aryl methyl sites for hydroxylation is 1. The van der Waals surface area contributed by atoms with Crippen LogP contribution >= 0.6 is 0 Å². The van der Waals surface area contributed by atoms with E-state index >= 15 is 0 Å². The molecule has 1 unspecified atom stereocenters. The summed E-state index contributed by atoms with van der Waals surface area (Å²) in [5, 5.41) is 0. The first kappa shape index (κ1) is 20.1. The minimum absolute atomic E-state index is 0.00565. The molecule has 2 aromatic rings. The predicted octanol–water partition coefficient (Wildman–Crippen LogP) is 3.24. The van der Waals surface area contributed by atoms with E-state index in [1.165, 1.54) is 11.1 Å². The number of carbonyl (C=O) groups excluding carboxylic acids is 2. The van der Waals surface area contributed by atoms with Crippen LogP contribution in [0.15, 0.2) is 24.3 Å². The van der Waals surface area contributed by atoms with Gasteiger partial charge in [0, 0.05) is 16.8 Å². The number of aromatic nitrogens is 1. The standard InChI is InChI=1S/C22H30N2O2/c1-13(2)19-10-8-18(9-11-19)12-24(7)16(5)22(26)21-14(3)20(17(6)25)15(4)23-21/h8-11,13,16,23H,12H2,1-7H3/p+1/t16-/m0/s1. The van der Waals surface area contributed by atoms with Crippen LogP contribution in [0.1, 0.15) is 76.8 Å². The molecule has 0 aliphatic rings. The first-order valence-corrected chi connectivity index (χ1v) is 9.28. The number of benzene rings is 1. The van der Waals surface area contributed by atoms with Gasteiger partial charge >= 0.3 is 0 Å². The third-order valence-corrected chi connectivity index (χ3v) is 5.30. The molecule has 2 atom stereocenters. The molecule has 0 fully saturated rings. The Morgan fingerprint density at radius 3 is 2.12 bits per heavy atom. The number of H-pyrrole nitrogens is 1. The topological polar surface area (TPSA) is 54.4 Å². The number of ketones is 2. The van der Waals surface area contributed by atoms with Crippen LogP contribution in [0.4, 0.5) is 0 Å². The maximum absolute atomic E-state index is 13.0. The molecule has 0 bridgehead atoms. The second-order valence-electron chi connectivity index (χ2n) is 7.69. The number of quaternary nitrogens is 1. The van der Waals surface area contributed by atoms with E-state index < -0.39 is 0 Å². The summed E-state index contributed by atoms with van der Waals surface area (Å²) in [7, 11) is 2.04. The molecule has 2 N–H and O–H groups in total. The van der Waals surface area contributed by atoms with E-state index in [2.05, 4.69) is 43.1 Å². The molecule has 0 aliphatic carbocycles. The Labute approximate surface area is 156 Å². The Kier molecular flexibility index (Phi) is 6.19. The summed E-state index contributed by atoms with van der Waals surface area (Å²) >= 11 is 0. The molecule has 0 amide bonds. The zero-order chi connectivity index (χ0) is 19.6. The molecule has 140 valence electrons. The molecule has 1 aromatic carbocycles. The van der Waals surface area contributed by atoms with Crippen molar-refractivity contribution in [3.05, 3.63) is 57.9 Å². The fourth-order valence-electron chi connectivity index (χ4n) is 3.46. The zero-order valence-corrected chi connectivity index (χ0v) is 17.0. The number of Topliss-reactive ketones (excluding diaryl/α,β-unsaturated/α-hetero) is 2. The third-order valence-electron chi connectivity index (χ3n) is 5.30. The molecular weight excluding hydrogens is 324 g/mol. The van der Waals surface area contributed by atoms with Gasteiger partial charge in [0.1, 0.15) is 6.54 Å². The van der Waals surface area contributed by atoms with Gasteiger partial charge in [-0.2, -0.15) is 0 Å². The number of rotatable bonds is 7. The summed E-state index contributed by atoms with van der Waals surface area (Å²) in [6, 6.07) is 8.42. The molecule has 0 spiro atoms. The van der Waals surface area contributed by atoms with Gasteiger partial charge < -0.3 is 9.88 Å². The molecule has 0 saturated heterocycles. The monoisotopic (exact) mass is 355 g/mol. The van der Waals surface area contributed by atoms with Gasteiger partial charge in [-0.15, -0.1) is 0 Å². The largest absolute Gasteiger partial charge is 0.355 e. The molecule has 1 heterocycles. The van der Waals surface area contributed by atoms with E-state index in [1.807, 2.05) is 27.8 Å². The SMILES string of the molecule is CC(=O)c1c(C)[nH]c(C(=O)[C@H](C)[NH+](C)Cc2ccc(C(C)C)cc2)c1C. The van der Waals surface area contributed by atoms with Crippen LogP contribution in [-0.4, -0.2) is 29.6 Å². The quantitative estimate of drug-likeness (QED) is 0.749. The Bertz CT molecular complexity index is 800. The van der Waals surface area contributed by atoms with Gasteiger partial charge in [0.25, 0.3) is 0 Å². The predicted molar refractivity (Wildman–Crippen MR) is 105 cm³/mol. The second kappa shape index (κ2) is 8.00. The maximum Gasteiger partial charge on any atom is 0.235 e. The lowest BCUT2D eigenvalue weighted by molar-refractivity contribution is -0.907. The van der Waals surface area contributed by atoms with Gasteiger partial charge in [-0.3, -0.25) is 9.59 Å². The number of nitrogens with one attached hydrogen (secondary N) is 2. The summed E-state index contributed by atoms with van der Waals surface area (Å²) in [5.74, 6) is 0.562. The van der Waals surface area contributed by atoms with E-state index in [-0.39, 0.29) is 17.6 Å². The molecule has 26 heavy (non-hydrogen) atoms. The van der Waals surface area contributed by atoms with Gasteiger partial charge in [-0.05, 0) is 44.7 Å². The summed E-state index contributed by atoms with van der Waals surface area (Å²) < 4.78 is 0. The number of aromatic amines is 1. The van der Waals surface area contributed by atoms with Crippen LogP contribution in [0.2, 0.25) is 0 Å². The Morgan fingerprint density at radius 1 is 1.08 bits per heavy atom. The van der Waals surface area contributed by atoms with Gasteiger partial charge in [-0.1, -0.05) is 38.1 Å². The van der Waals surface area contributed by atoms with E-state index in [9.17, 15) is 9.59 Å². The highest BCUT2D eigenvalue weighted by Gasteiger charge is 2.28. The molecule has 4 nitrogen and oxygen atoms in total. The van der Waals surface area contributed by atoms with Crippen molar-refractivity contribution in [2.75, 3.05) is 7.05 Å². The van der Waals surface area contributed by atoms with Gasteiger partial charge in [0.2, 0.25) is 5.78 Å². The van der Waals surface area contributed by atoms with Gasteiger partial charge in [-0.25, -0.2) is 0 Å². The van der Waals surface area contributed by atoms with E-state index in [4.69, 9.17) is 0 Å². The van der Waals surface area contributed by atoms with Crippen LogP contribution in [0.3, 0.4) is 0 Å². The van der Waals surface area contributed by atoms with Gasteiger partial charge in [0.05, 0.1) is 12.7 Å². The van der Waals surface area contributed by atoms with Crippen molar-refractivity contribution in [3.63, 3.8) is 0 Å². The summed E-state index contributed by atoms with van der Waals surface area (Å²) in [6.45, 7) is 12.3. The van der Waals surface area contributed by atoms with Crippen LogP contribution in [0.25, 0.3) is 0 Å². The average molecular weight is 356 g/mol. The lowest BCUT2D eigenvalue weighted by atomic mass is 10.0. The van der Waals surface area contributed by atoms with E-state index in [0.29, 0.717) is 17.2 Å². The van der Waals surface area contributed by atoms with Crippen molar-refractivity contribution in [3.8, 4) is 0 Å². The minimum atomic E-state index is -0.198. The molecule has 1 aromatic heterocycles. The van der Waals surface area contributed by atoms with Crippen molar-refractivity contribution < 1.29 is 14.5 Å². The van der Waals surface area contributed by atoms with Crippen LogP contribution < -0.4 is 4.90 Å². The smallest absolute Gasteiger partial charge is 0.235 e. The highest BCUT2D eigenvalue weighted by molar-refractivity contribution is 6.04. The van der Waals surface area contributed by atoms with Crippen molar-refractivity contribution in [2.24, 2.45) is 0 Å². The average Bonchev–Trinajstić information content (AvgIpc) is 2.88. The van der Waals surface area contributed by atoms with Crippen molar-refractivity contribution >= 4 is 11.6 Å². The van der Waals surface area contributed by atoms with Crippen LogP contribution in [0.5, 0.6) is 0 Å². The first-order valence-electron chi connectivity index (χ1n) is 9.28. The summed E-state index contributed by atoms with van der Waals surface area (Å²) in [5.41, 5.74) is 5.28. The summed E-state index contributed by atoms with van der Waals surface area (Å²) in [6.07, 6.45) is 0. The number of likely N-dealkylation sites (N-methyl/N-ethyl adjacent to an activating group) is 1. The van der Waals surface area contributed by atoms with Gasteiger partial charge in [0.15, 0.2) is 11.8 Å². The highest BCUT2D eigenvalue weighted by Crippen LogP contribution is 2.19. The van der Waals surface area contributed by atoms with Crippen LogP contribution in [0, 0.1) is 13.8 Å². The fraction of sp³-hybridized carbons (Fsp3) is 0.455. The number of carbonyl (C=O) groups is 2. The molecule has 0 aliphatic heterocycles. The lowest BCUT2D eigenvalue weighted by Crippen LogP contribution is -3.12. The van der Waals surface area contributed by atoms with E-state index in [0.717, 1.165) is 22.7 Å². The van der Waals surface area contributed by atoms with Crippen molar-refractivity contribution in [1.82, 2.24) is 4.98 Å². The first-order chi connectivity index (χ1) is 12.1. The Balaban J connectivity index is 2.15. The highest BCUT2D eigenvalue weighted by atomic mass is 16.1. The van der Waals surface area contributed by atoms with Crippen molar-refractivity contribution in [2.45, 2.75) is 60.0 Å².